The molecule has 2 aliphatic carbocycles. The maximum Gasteiger partial charge on any atom is 0.0665 e. The Balaban J connectivity index is 1.90. The molecule has 1 nitrogen and oxygen atoms in total. The summed E-state index contributed by atoms with van der Waals surface area (Å²) < 4.78 is 13.8. The zero-order chi connectivity index (χ0) is 31.9. The summed E-state index contributed by atoms with van der Waals surface area (Å²) in [6.45, 7) is 27.8. The summed E-state index contributed by atoms with van der Waals surface area (Å²) in [6.07, 6.45) is 6.93. The minimum absolute atomic E-state index is 0.560. The second-order valence-electron chi connectivity index (χ2n) is 13.9. The monoisotopic (exact) mass is 596 g/mol. The molecule has 1 heterocycles. The van der Waals surface area contributed by atoms with Gasteiger partial charge in [-0.1, -0.05) is 18.2 Å². The third kappa shape index (κ3) is 3.20. The Morgan fingerprint density at radius 1 is 0.500 bits per heavy atom. The van der Waals surface area contributed by atoms with Crippen LogP contribution in [-0.4, -0.2) is 10.1 Å². The maximum absolute atomic E-state index is 13.8. The topological polar surface area (TPSA) is 17.1 Å². The highest BCUT2D eigenvalue weighted by atomic mass is 32.2. The molecule has 4 aromatic rings. The molecular weight excluding hydrogens is 553 g/mol. The van der Waals surface area contributed by atoms with Crippen molar-refractivity contribution in [3.63, 3.8) is 0 Å². The van der Waals surface area contributed by atoms with Crippen molar-refractivity contribution in [2.24, 2.45) is 0 Å². The summed E-state index contributed by atoms with van der Waals surface area (Å²) >= 11 is 0. The Morgan fingerprint density at radius 2 is 0.909 bits per heavy atom. The van der Waals surface area contributed by atoms with Crippen LogP contribution in [0.3, 0.4) is 0 Å². The highest BCUT2D eigenvalue weighted by molar-refractivity contribution is 8.03. The van der Waals surface area contributed by atoms with Crippen molar-refractivity contribution in [1.29, 1.82) is 0 Å². The Hall–Kier alpha value is -3.62. The number of rotatable bonds is 0. The van der Waals surface area contributed by atoms with Crippen LogP contribution in [0.2, 0.25) is 0 Å². The van der Waals surface area contributed by atoms with Gasteiger partial charge in [0.2, 0.25) is 0 Å². The first-order valence-corrected chi connectivity index (χ1v) is 17.6. The van der Waals surface area contributed by atoms with Crippen LogP contribution in [0, 0.1) is 83.1 Å². The van der Waals surface area contributed by atoms with Crippen molar-refractivity contribution in [1.82, 2.24) is 0 Å². The van der Waals surface area contributed by atoms with Crippen LogP contribution in [0.4, 0.5) is 0 Å². The first-order chi connectivity index (χ1) is 20.6. The lowest BCUT2D eigenvalue weighted by Gasteiger charge is -2.39. The van der Waals surface area contributed by atoms with E-state index in [0.29, 0.717) is 0 Å². The Morgan fingerprint density at radius 3 is 1.36 bits per heavy atom. The third-order valence-electron chi connectivity index (χ3n) is 12.3. The van der Waals surface area contributed by atoms with E-state index in [-0.39, 0.29) is 0 Å². The first kappa shape index (κ1) is 29.1. The van der Waals surface area contributed by atoms with Gasteiger partial charge in [0.25, 0.3) is 0 Å². The fourth-order valence-electron chi connectivity index (χ4n) is 8.93. The number of benzene rings is 4. The SMILES string of the molecule is C=S1(=O)C=Cc2c1ccc1c2C2(C=C1)c1c(C)c(C)c(C)c(C)c1-c1c(C)c(C)c(C)c(C)c1-c1c(C)c(C)c(C)c(C)c12. The fraction of sp³-hybridized carbons (Fsp3) is 0.310. The van der Waals surface area contributed by atoms with E-state index in [1.54, 1.807) is 0 Å². The highest BCUT2D eigenvalue weighted by Crippen LogP contribution is 2.62. The average molecular weight is 597 g/mol. The number of hydrogen-bond acceptors (Lipinski definition) is 1. The molecule has 1 unspecified atom stereocenters. The molecule has 7 rings (SSSR count). The second-order valence-corrected chi connectivity index (χ2v) is 16.0. The van der Waals surface area contributed by atoms with E-state index < -0.39 is 14.9 Å². The van der Waals surface area contributed by atoms with Crippen molar-refractivity contribution in [3.8, 4) is 22.3 Å². The van der Waals surface area contributed by atoms with Gasteiger partial charge in [-0.3, -0.25) is 4.21 Å². The van der Waals surface area contributed by atoms with Crippen LogP contribution in [0.25, 0.3) is 34.4 Å². The number of hydrogen-bond donors (Lipinski definition) is 0. The quantitative estimate of drug-likeness (QED) is 0.185. The highest BCUT2D eigenvalue weighted by Gasteiger charge is 2.50. The predicted molar refractivity (Wildman–Crippen MR) is 192 cm³/mol. The molecule has 0 N–H and O–H groups in total. The molecule has 224 valence electrons. The van der Waals surface area contributed by atoms with E-state index in [2.05, 4.69) is 119 Å². The number of fused-ring (bicyclic) bond motifs is 11. The standard InChI is InChI=1S/C42H44OS/c1-20-21(2)27(8)36-35(26(20)7)37-28(9)22(3)24(5)30(11)39(37)42(40-31(12)25(6)23(4)29(10)38(36)40)18-16-32-14-15-34-33(41(32)42)17-19-44(34,13)43/h14-19H,13H2,1-12H3. The van der Waals surface area contributed by atoms with Crippen molar-refractivity contribution in [2.45, 2.75) is 93.4 Å². The average Bonchev–Trinajstić information content (AvgIpc) is 3.49. The van der Waals surface area contributed by atoms with Gasteiger partial charge in [-0.05, 0) is 223 Å². The van der Waals surface area contributed by atoms with Crippen molar-refractivity contribution >= 4 is 27.5 Å². The van der Waals surface area contributed by atoms with Crippen LogP contribution in [-0.2, 0) is 14.9 Å². The van der Waals surface area contributed by atoms with E-state index >= 15 is 0 Å². The van der Waals surface area contributed by atoms with Crippen LogP contribution >= 0.6 is 0 Å². The third-order valence-corrected chi connectivity index (χ3v) is 14.0. The van der Waals surface area contributed by atoms with E-state index in [1.165, 1.54) is 111 Å². The van der Waals surface area contributed by atoms with Gasteiger partial charge in [-0.15, -0.1) is 0 Å². The Labute approximate surface area is 264 Å². The predicted octanol–water partition coefficient (Wildman–Crippen LogP) is 10.5. The molecule has 0 radical (unpaired) electrons. The Kier molecular flexibility index (Phi) is 5.94. The van der Waals surface area contributed by atoms with Gasteiger partial charge >= 0.3 is 0 Å². The minimum Gasteiger partial charge on any atom is -0.259 e. The normalized spacial score (nSPS) is 18.3. The molecule has 1 atom stereocenters. The van der Waals surface area contributed by atoms with Crippen molar-refractivity contribution in [2.75, 3.05) is 0 Å². The molecule has 0 bridgehead atoms. The summed E-state index contributed by atoms with van der Waals surface area (Å²) in [5.41, 5.74) is 27.6. The van der Waals surface area contributed by atoms with Gasteiger partial charge in [-0.25, -0.2) is 0 Å². The smallest absolute Gasteiger partial charge is 0.0665 e. The molecule has 4 aromatic carbocycles. The molecular formula is C42H44OS. The van der Waals surface area contributed by atoms with E-state index in [4.69, 9.17) is 0 Å². The van der Waals surface area contributed by atoms with Gasteiger partial charge in [-0.2, -0.15) is 0 Å². The lowest BCUT2D eigenvalue weighted by Crippen LogP contribution is -2.31. The zero-order valence-corrected chi connectivity index (χ0v) is 29.3. The summed E-state index contributed by atoms with van der Waals surface area (Å²) in [5.74, 6) is 4.19. The van der Waals surface area contributed by atoms with Crippen LogP contribution in [0.15, 0.2) is 28.5 Å². The van der Waals surface area contributed by atoms with Crippen LogP contribution in [0.1, 0.15) is 94.6 Å². The summed E-state index contributed by atoms with van der Waals surface area (Å²) in [4.78, 5) is 0.861. The molecule has 0 amide bonds. The molecule has 44 heavy (non-hydrogen) atoms. The van der Waals surface area contributed by atoms with Gasteiger partial charge < -0.3 is 0 Å². The fourth-order valence-corrected chi connectivity index (χ4v) is 10.3. The molecule has 0 saturated heterocycles. The van der Waals surface area contributed by atoms with E-state index in [0.717, 1.165) is 10.5 Å². The molecule has 1 aliphatic heterocycles. The lowest BCUT2D eigenvalue weighted by atomic mass is 9.63. The van der Waals surface area contributed by atoms with E-state index in [1.807, 2.05) is 5.41 Å². The number of allylic oxidation sites excluding steroid dienone is 1. The largest absolute Gasteiger partial charge is 0.259 e. The molecule has 0 fully saturated rings. The van der Waals surface area contributed by atoms with Crippen LogP contribution < -0.4 is 0 Å². The minimum atomic E-state index is -2.50. The zero-order valence-electron chi connectivity index (χ0n) is 28.5. The van der Waals surface area contributed by atoms with Crippen molar-refractivity contribution in [3.05, 3.63) is 118 Å². The summed E-state index contributed by atoms with van der Waals surface area (Å²) in [7, 11) is -2.50. The van der Waals surface area contributed by atoms with Gasteiger partial charge in [0.15, 0.2) is 0 Å². The molecule has 3 aliphatic rings. The van der Waals surface area contributed by atoms with Gasteiger partial charge in [0.1, 0.15) is 0 Å². The van der Waals surface area contributed by atoms with Gasteiger partial charge in [0.05, 0.1) is 5.41 Å². The molecule has 2 heteroatoms. The van der Waals surface area contributed by atoms with Crippen molar-refractivity contribution < 1.29 is 4.21 Å². The second kappa shape index (κ2) is 8.98. The molecule has 0 saturated carbocycles. The molecule has 1 spiro atoms. The van der Waals surface area contributed by atoms with Gasteiger partial charge in [0, 0.05) is 14.4 Å². The van der Waals surface area contributed by atoms with E-state index in [9.17, 15) is 4.21 Å². The summed E-state index contributed by atoms with van der Waals surface area (Å²) in [5, 5.41) is 1.84. The van der Waals surface area contributed by atoms with Crippen LogP contribution in [0.5, 0.6) is 0 Å². The summed E-state index contributed by atoms with van der Waals surface area (Å²) in [6, 6.07) is 4.24. The lowest BCUT2D eigenvalue weighted by molar-refractivity contribution is 0.686. The first-order valence-electron chi connectivity index (χ1n) is 15.8. The Bertz CT molecular complexity index is 2130. The maximum atomic E-state index is 13.8. The molecule has 0 aromatic heterocycles.